The molecule has 0 aromatic heterocycles. The van der Waals surface area contributed by atoms with Crippen LogP contribution < -0.4 is 10.4 Å². The van der Waals surface area contributed by atoms with Gasteiger partial charge in [0.2, 0.25) is 0 Å². The van der Waals surface area contributed by atoms with Crippen LogP contribution in [-0.2, 0) is 8.85 Å². The molecule has 134 valence electrons. The highest BCUT2D eigenvalue weighted by Gasteiger charge is 2.43. The van der Waals surface area contributed by atoms with Crippen LogP contribution in [-0.4, -0.2) is 22.8 Å². The van der Waals surface area contributed by atoms with E-state index in [1.165, 1.54) is 16.3 Å². The first-order valence-corrected chi connectivity index (χ1v) is 10.9. The number of benzene rings is 4. The van der Waals surface area contributed by atoms with Crippen molar-refractivity contribution in [2.75, 3.05) is 14.2 Å². The molecule has 3 heteroatoms. The highest BCUT2D eigenvalue weighted by atomic mass is 28.4. The fourth-order valence-corrected chi connectivity index (χ4v) is 6.95. The van der Waals surface area contributed by atoms with Crippen molar-refractivity contribution in [3.63, 3.8) is 0 Å². The third kappa shape index (κ3) is 3.00. The average molecular weight is 371 g/mol. The first-order valence-electron chi connectivity index (χ1n) is 9.03. The highest BCUT2D eigenvalue weighted by Crippen LogP contribution is 2.23. The summed E-state index contributed by atoms with van der Waals surface area (Å²) in [5, 5.41) is 4.63. The third-order valence-corrected chi connectivity index (χ3v) is 8.53. The molecular weight excluding hydrogens is 348 g/mol. The molecule has 0 aliphatic rings. The maximum Gasteiger partial charge on any atom is 0.407 e. The Morgan fingerprint density at radius 2 is 1.15 bits per heavy atom. The molecule has 0 N–H and O–H groups in total. The van der Waals surface area contributed by atoms with Crippen molar-refractivity contribution in [1.82, 2.24) is 0 Å². The summed E-state index contributed by atoms with van der Waals surface area (Å²) in [7, 11) is 0.639. The molecule has 0 unspecified atom stereocenters. The van der Waals surface area contributed by atoms with Gasteiger partial charge in [0.25, 0.3) is 0 Å². The minimum atomic E-state index is -2.89. The monoisotopic (exact) mass is 370 g/mol. The van der Waals surface area contributed by atoms with Gasteiger partial charge in [0.15, 0.2) is 0 Å². The van der Waals surface area contributed by atoms with Gasteiger partial charge in [-0.05, 0) is 21.9 Å². The largest absolute Gasteiger partial charge is 0.407 e. The van der Waals surface area contributed by atoms with Crippen molar-refractivity contribution in [2.45, 2.75) is 0 Å². The lowest BCUT2D eigenvalue weighted by atomic mass is 10.1. The van der Waals surface area contributed by atoms with Crippen LogP contribution >= 0.6 is 0 Å². The zero-order valence-electron chi connectivity index (χ0n) is 15.6. The standard InChI is InChI=1S/C24H22O2Si/c1-25-27(26-2,24-18-10-14-20-13-6-7-15-22(20)24)23-17-9-8-16-21(23)19-11-4-3-5-12-19/h3-18H,1-2H3. The smallest absolute Gasteiger partial charge is 0.391 e. The van der Waals surface area contributed by atoms with Crippen LogP contribution in [0.5, 0.6) is 0 Å². The Labute approximate surface area is 161 Å². The SMILES string of the molecule is CO[Si](OC)(c1ccccc1-c1ccccc1)c1cccc2ccccc12. The first kappa shape index (κ1) is 17.7. The second kappa shape index (κ2) is 7.49. The Kier molecular flexibility index (Phi) is 4.90. The Morgan fingerprint density at radius 3 is 1.93 bits per heavy atom. The summed E-state index contributed by atoms with van der Waals surface area (Å²) >= 11 is 0. The summed E-state index contributed by atoms with van der Waals surface area (Å²) in [5.74, 6) is 0. The summed E-state index contributed by atoms with van der Waals surface area (Å²) < 4.78 is 12.5. The molecule has 2 nitrogen and oxygen atoms in total. The maximum absolute atomic E-state index is 6.25. The molecule has 0 heterocycles. The van der Waals surface area contributed by atoms with Gasteiger partial charge in [-0.1, -0.05) is 97.1 Å². The molecule has 0 fully saturated rings. The average Bonchev–Trinajstić information content (AvgIpc) is 2.76. The maximum atomic E-state index is 6.25. The van der Waals surface area contributed by atoms with Gasteiger partial charge in [-0.3, -0.25) is 0 Å². The van der Waals surface area contributed by atoms with Crippen LogP contribution in [0, 0.1) is 0 Å². The van der Waals surface area contributed by atoms with E-state index in [0.717, 1.165) is 15.9 Å². The van der Waals surface area contributed by atoms with Crippen LogP contribution in [0.3, 0.4) is 0 Å². The Hall–Kier alpha value is -2.72. The molecule has 0 atom stereocenters. The molecule has 0 radical (unpaired) electrons. The van der Waals surface area contributed by atoms with E-state index in [9.17, 15) is 0 Å². The minimum Gasteiger partial charge on any atom is -0.391 e. The lowest BCUT2D eigenvalue weighted by Gasteiger charge is -2.31. The Morgan fingerprint density at radius 1 is 0.556 bits per heavy atom. The van der Waals surface area contributed by atoms with E-state index >= 15 is 0 Å². The molecule has 0 spiro atoms. The van der Waals surface area contributed by atoms with E-state index in [4.69, 9.17) is 8.85 Å². The Bertz CT molecular complexity index is 1050. The molecule has 4 rings (SSSR count). The molecular formula is C24H22O2Si. The number of hydrogen-bond acceptors (Lipinski definition) is 2. The normalized spacial score (nSPS) is 11.6. The van der Waals surface area contributed by atoms with E-state index in [2.05, 4.69) is 91.0 Å². The first-order chi connectivity index (χ1) is 13.3. The van der Waals surface area contributed by atoms with Gasteiger partial charge >= 0.3 is 8.56 Å². The molecule has 0 aliphatic carbocycles. The second-order valence-corrected chi connectivity index (χ2v) is 9.59. The number of hydrogen-bond donors (Lipinski definition) is 0. The summed E-state index contributed by atoms with van der Waals surface area (Å²) in [5.41, 5.74) is 2.32. The summed E-state index contributed by atoms with van der Waals surface area (Å²) in [4.78, 5) is 0. The summed E-state index contributed by atoms with van der Waals surface area (Å²) in [6.45, 7) is 0. The van der Waals surface area contributed by atoms with Gasteiger partial charge < -0.3 is 8.85 Å². The molecule has 4 aromatic carbocycles. The van der Waals surface area contributed by atoms with E-state index in [1.54, 1.807) is 14.2 Å². The van der Waals surface area contributed by atoms with Gasteiger partial charge in [-0.2, -0.15) is 0 Å². The van der Waals surface area contributed by atoms with Crippen molar-refractivity contribution in [1.29, 1.82) is 0 Å². The van der Waals surface area contributed by atoms with Gasteiger partial charge in [-0.15, -0.1) is 0 Å². The molecule has 0 bridgehead atoms. The van der Waals surface area contributed by atoms with Crippen LogP contribution in [0.2, 0.25) is 0 Å². The van der Waals surface area contributed by atoms with Gasteiger partial charge in [0.1, 0.15) is 0 Å². The van der Waals surface area contributed by atoms with Crippen LogP contribution in [0.1, 0.15) is 0 Å². The van der Waals surface area contributed by atoms with Gasteiger partial charge in [0.05, 0.1) is 0 Å². The zero-order valence-corrected chi connectivity index (χ0v) is 16.6. The predicted octanol–water partition coefficient (Wildman–Crippen LogP) is 4.36. The number of rotatable bonds is 5. The Balaban J connectivity index is 2.02. The zero-order chi connectivity index (χ0) is 18.7. The summed E-state index contributed by atoms with van der Waals surface area (Å²) in [6.07, 6.45) is 0. The van der Waals surface area contributed by atoms with Crippen LogP contribution in [0.25, 0.3) is 21.9 Å². The van der Waals surface area contributed by atoms with Crippen molar-refractivity contribution in [3.05, 3.63) is 97.1 Å². The van der Waals surface area contributed by atoms with Crippen molar-refractivity contribution in [3.8, 4) is 11.1 Å². The van der Waals surface area contributed by atoms with Crippen LogP contribution in [0.4, 0.5) is 0 Å². The van der Waals surface area contributed by atoms with Gasteiger partial charge in [0, 0.05) is 24.6 Å². The fraction of sp³-hybridized carbons (Fsp3) is 0.0833. The van der Waals surface area contributed by atoms with Crippen molar-refractivity contribution in [2.24, 2.45) is 0 Å². The molecule has 0 saturated carbocycles. The van der Waals surface area contributed by atoms with Crippen molar-refractivity contribution >= 4 is 29.7 Å². The molecule has 27 heavy (non-hydrogen) atoms. The van der Waals surface area contributed by atoms with Gasteiger partial charge in [-0.25, -0.2) is 0 Å². The van der Waals surface area contributed by atoms with E-state index in [0.29, 0.717) is 0 Å². The number of fused-ring (bicyclic) bond motifs is 1. The van der Waals surface area contributed by atoms with E-state index in [-0.39, 0.29) is 0 Å². The molecule has 0 aliphatic heterocycles. The lowest BCUT2D eigenvalue weighted by Crippen LogP contribution is -2.63. The van der Waals surface area contributed by atoms with Crippen molar-refractivity contribution < 1.29 is 8.85 Å². The van der Waals surface area contributed by atoms with E-state index < -0.39 is 8.56 Å². The highest BCUT2D eigenvalue weighted by molar-refractivity contribution is 6.94. The quantitative estimate of drug-likeness (QED) is 0.486. The topological polar surface area (TPSA) is 18.5 Å². The molecule has 0 amide bonds. The minimum absolute atomic E-state index is 1.12. The predicted molar refractivity (Wildman–Crippen MR) is 115 cm³/mol. The third-order valence-electron chi connectivity index (χ3n) is 5.09. The lowest BCUT2D eigenvalue weighted by molar-refractivity contribution is 0.273. The second-order valence-electron chi connectivity index (χ2n) is 6.46. The molecule has 4 aromatic rings. The molecule has 0 saturated heterocycles. The summed E-state index contributed by atoms with van der Waals surface area (Å²) in [6, 6.07) is 33.6. The van der Waals surface area contributed by atoms with Crippen LogP contribution in [0.15, 0.2) is 97.1 Å². The fourth-order valence-electron chi connectivity index (χ4n) is 3.82. The van der Waals surface area contributed by atoms with E-state index in [1.807, 2.05) is 6.07 Å².